The van der Waals surface area contributed by atoms with Crippen LogP contribution in [-0.2, 0) is 9.47 Å². The van der Waals surface area contributed by atoms with Gasteiger partial charge in [0.25, 0.3) is 0 Å². The van der Waals surface area contributed by atoms with E-state index in [9.17, 15) is 13.9 Å². The zero-order chi connectivity index (χ0) is 15.7. The van der Waals surface area contributed by atoms with Crippen LogP contribution >= 0.6 is 0 Å². The SMILES string of the molecule is CC1COC(C2CCC(c3cc(F)c(O)c(F)c3)CC2)OC1. The summed E-state index contributed by atoms with van der Waals surface area (Å²) in [4.78, 5) is 0. The van der Waals surface area contributed by atoms with Gasteiger partial charge < -0.3 is 14.6 Å². The summed E-state index contributed by atoms with van der Waals surface area (Å²) in [5, 5.41) is 9.18. The molecule has 0 spiro atoms. The van der Waals surface area contributed by atoms with E-state index in [0.717, 1.165) is 38.9 Å². The topological polar surface area (TPSA) is 38.7 Å². The minimum absolute atomic E-state index is 0.128. The standard InChI is InChI=1S/C17H22F2O3/c1-10-8-21-17(22-9-10)12-4-2-11(3-5-12)13-6-14(18)16(20)15(19)7-13/h6-7,10-12,17,20H,2-5,8-9H2,1H3. The lowest BCUT2D eigenvalue weighted by Crippen LogP contribution is -2.37. The van der Waals surface area contributed by atoms with Crippen LogP contribution in [0.1, 0.15) is 44.1 Å². The predicted octanol–water partition coefficient (Wildman–Crippen LogP) is 3.95. The van der Waals surface area contributed by atoms with Gasteiger partial charge in [-0.1, -0.05) is 6.92 Å². The van der Waals surface area contributed by atoms with Crippen molar-refractivity contribution in [2.75, 3.05) is 13.2 Å². The summed E-state index contributed by atoms with van der Waals surface area (Å²) in [5.74, 6) is -1.74. The molecule has 0 aromatic heterocycles. The summed E-state index contributed by atoms with van der Waals surface area (Å²) in [7, 11) is 0. The van der Waals surface area contributed by atoms with Crippen molar-refractivity contribution in [2.45, 2.75) is 44.8 Å². The Labute approximate surface area is 129 Å². The van der Waals surface area contributed by atoms with Crippen molar-refractivity contribution in [3.63, 3.8) is 0 Å². The lowest BCUT2D eigenvalue weighted by Gasteiger charge is -2.37. The highest BCUT2D eigenvalue weighted by Gasteiger charge is 2.32. The number of hydrogen-bond donors (Lipinski definition) is 1. The van der Waals surface area contributed by atoms with Crippen molar-refractivity contribution in [3.05, 3.63) is 29.3 Å². The number of phenols is 1. The fraction of sp³-hybridized carbons (Fsp3) is 0.647. The molecule has 1 aromatic rings. The van der Waals surface area contributed by atoms with Gasteiger partial charge in [-0.2, -0.15) is 0 Å². The predicted molar refractivity (Wildman–Crippen MR) is 77.6 cm³/mol. The average molecular weight is 312 g/mol. The lowest BCUT2D eigenvalue weighted by atomic mass is 9.78. The second kappa shape index (κ2) is 6.50. The van der Waals surface area contributed by atoms with Crippen molar-refractivity contribution >= 4 is 0 Å². The minimum atomic E-state index is -0.893. The summed E-state index contributed by atoms with van der Waals surface area (Å²) < 4.78 is 38.4. The van der Waals surface area contributed by atoms with E-state index in [1.54, 1.807) is 0 Å². The molecule has 122 valence electrons. The zero-order valence-corrected chi connectivity index (χ0v) is 12.7. The zero-order valence-electron chi connectivity index (χ0n) is 12.7. The Morgan fingerprint density at radius 1 is 1.00 bits per heavy atom. The molecule has 2 aliphatic rings. The molecule has 1 heterocycles. The molecule has 2 fully saturated rings. The Balaban J connectivity index is 1.60. The van der Waals surface area contributed by atoms with E-state index in [2.05, 4.69) is 6.92 Å². The van der Waals surface area contributed by atoms with Gasteiger partial charge in [0.2, 0.25) is 0 Å². The van der Waals surface area contributed by atoms with Crippen LogP contribution in [0.3, 0.4) is 0 Å². The molecular formula is C17H22F2O3. The molecule has 1 aromatic carbocycles. The van der Waals surface area contributed by atoms with Crippen LogP contribution in [0, 0.1) is 23.5 Å². The van der Waals surface area contributed by atoms with E-state index in [1.165, 1.54) is 12.1 Å². The molecule has 0 radical (unpaired) electrons. The molecule has 3 nitrogen and oxygen atoms in total. The van der Waals surface area contributed by atoms with E-state index in [4.69, 9.17) is 9.47 Å². The van der Waals surface area contributed by atoms with Crippen molar-refractivity contribution in [1.29, 1.82) is 0 Å². The van der Waals surface area contributed by atoms with Gasteiger partial charge in [-0.3, -0.25) is 0 Å². The molecule has 3 rings (SSSR count). The minimum Gasteiger partial charge on any atom is -0.503 e. The smallest absolute Gasteiger partial charge is 0.187 e. The number of benzene rings is 1. The lowest BCUT2D eigenvalue weighted by molar-refractivity contribution is -0.226. The fourth-order valence-corrected chi connectivity index (χ4v) is 3.43. The van der Waals surface area contributed by atoms with Gasteiger partial charge in [0.1, 0.15) is 0 Å². The quantitative estimate of drug-likeness (QED) is 0.898. The van der Waals surface area contributed by atoms with E-state index < -0.39 is 17.4 Å². The van der Waals surface area contributed by atoms with Crippen molar-refractivity contribution in [1.82, 2.24) is 0 Å². The maximum Gasteiger partial charge on any atom is 0.187 e. The highest BCUT2D eigenvalue weighted by Crippen LogP contribution is 2.40. The average Bonchev–Trinajstić information content (AvgIpc) is 2.53. The first-order valence-corrected chi connectivity index (χ1v) is 7.95. The summed E-state index contributed by atoms with van der Waals surface area (Å²) in [6, 6.07) is 2.50. The van der Waals surface area contributed by atoms with E-state index >= 15 is 0 Å². The molecule has 1 N–H and O–H groups in total. The van der Waals surface area contributed by atoms with Crippen LogP contribution < -0.4 is 0 Å². The molecule has 0 bridgehead atoms. The van der Waals surface area contributed by atoms with Crippen LogP contribution in [-0.4, -0.2) is 24.6 Å². The third-order valence-electron chi connectivity index (χ3n) is 4.76. The molecule has 1 saturated heterocycles. The van der Waals surface area contributed by atoms with E-state index in [-0.39, 0.29) is 12.2 Å². The van der Waals surface area contributed by atoms with Crippen LogP contribution in [0.15, 0.2) is 12.1 Å². The largest absolute Gasteiger partial charge is 0.503 e. The maximum absolute atomic E-state index is 13.5. The Morgan fingerprint density at radius 2 is 1.55 bits per heavy atom. The van der Waals surface area contributed by atoms with Crippen LogP contribution in [0.25, 0.3) is 0 Å². The first kappa shape index (κ1) is 15.7. The molecule has 0 atom stereocenters. The molecule has 1 aliphatic carbocycles. The van der Waals surface area contributed by atoms with Crippen LogP contribution in [0.5, 0.6) is 5.75 Å². The molecule has 0 amide bonds. The molecule has 0 unspecified atom stereocenters. The van der Waals surface area contributed by atoms with Gasteiger partial charge in [-0.25, -0.2) is 8.78 Å². The summed E-state index contributed by atoms with van der Waals surface area (Å²) in [6.45, 7) is 3.57. The second-order valence-corrected chi connectivity index (χ2v) is 6.59. The summed E-state index contributed by atoms with van der Waals surface area (Å²) >= 11 is 0. The summed E-state index contributed by atoms with van der Waals surface area (Å²) in [6.07, 6.45) is 3.42. The molecule has 22 heavy (non-hydrogen) atoms. The summed E-state index contributed by atoms with van der Waals surface area (Å²) in [5.41, 5.74) is 0.630. The fourth-order valence-electron chi connectivity index (χ4n) is 3.43. The highest BCUT2D eigenvalue weighted by molar-refractivity contribution is 5.32. The van der Waals surface area contributed by atoms with Crippen molar-refractivity contribution < 1.29 is 23.4 Å². The van der Waals surface area contributed by atoms with Crippen molar-refractivity contribution in [3.8, 4) is 5.75 Å². The Morgan fingerprint density at radius 3 is 2.09 bits per heavy atom. The van der Waals surface area contributed by atoms with Crippen molar-refractivity contribution in [2.24, 2.45) is 11.8 Å². The van der Waals surface area contributed by atoms with Gasteiger partial charge in [-0.05, 0) is 49.3 Å². The van der Waals surface area contributed by atoms with Crippen LogP contribution in [0.2, 0.25) is 0 Å². The second-order valence-electron chi connectivity index (χ2n) is 6.59. The number of halogens is 2. The Bertz CT molecular complexity index is 496. The van der Waals surface area contributed by atoms with E-state index in [0.29, 0.717) is 17.4 Å². The number of hydrogen-bond acceptors (Lipinski definition) is 3. The number of rotatable bonds is 2. The van der Waals surface area contributed by atoms with E-state index in [1.807, 2.05) is 0 Å². The van der Waals surface area contributed by atoms with Gasteiger partial charge in [-0.15, -0.1) is 0 Å². The van der Waals surface area contributed by atoms with Gasteiger partial charge in [0.05, 0.1) is 13.2 Å². The highest BCUT2D eigenvalue weighted by atomic mass is 19.1. The Hall–Kier alpha value is -1.20. The van der Waals surface area contributed by atoms with Gasteiger partial charge in [0, 0.05) is 11.8 Å². The third kappa shape index (κ3) is 3.25. The molecular weight excluding hydrogens is 290 g/mol. The van der Waals surface area contributed by atoms with Gasteiger partial charge >= 0.3 is 0 Å². The number of phenolic OH excluding ortho intramolecular Hbond substituents is 1. The van der Waals surface area contributed by atoms with Gasteiger partial charge in [0.15, 0.2) is 23.7 Å². The number of ether oxygens (including phenoxy) is 2. The normalized spacial score (nSPS) is 32.9. The maximum atomic E-state index is 13.5. The Kier molecular flexibility index (Phi) is 4.64. The monoisotopic (exact) mass is 312 g/mol. The number of aromatic hydroxyl groups is 1. The third-order valence-corrected chi connectivity index (χ3v) is 4.76. The van der Waals surface area contributed by atoms with Crippen LogP contribution in [0.4, 0.5) is 8.78 Å². The molecule has 1 aliphatic heterocycles. The molecule has 1 saturated carbocycles. The first-order valence-electron chi connectivity index (χ1n) is 7.95. The first-order chi connectivity index (χ1) is 10.5. The molecule has 5 heteroatoms.